The van der Waals surface area contributed by atoms with E-state index in [4.69, 9.17) is 10.7 Å². The number of pyridine rings is 2. The lowest BCUT2D eigenvalue weighted by Gasteiger charge is -2.38. The number of aromatic amines is 1. The van der Waals surface area contributed by atoms with Crippen LogP contribution in [0.2, 0.25) is 0 Å². The molecule has 0 atom stereocenters. The Labute approximate surface area is 186 Å². The van der Waals surface area contributed by atoms with E-state index in [0.717, 1.165) is 57.4 Å². The molecule has 1 aliphatic carbocycles. The number of rotatable bonds is 4. The molecule has 1 saturated carbocycles. The van der Waals surface area contributed by atoms with Crippen molar-refractivity contribution in [2.24, 2.45) is 5.73 Å². The van der Waals surface area contributed by atoms with Gasteiger partial charge in [0.2, 0.25) is 0 Å². The number of hydrogen-bond acceptors (Lipinski definition) is 4. The van der Waals surface area contributed by atoms with Crippen LogP contribution in [0.25, 0.3) is 44.5 Å². The molecule has 0 unspecified atom stereocenters. The van der Waals surface area contributed by atoms with Crippen LogP contribution >= 0.6 is 0 Å². The summed E-state index contributed by atoms with van der Waals surface area (Å²) in [6.07, 6.45) is 8.79. The van der Waals surface area contributed by atoms with Crippen molar-refractivity contribution in [3.8, 4) is 33.6 Å². The van der Waals surface area contributed by atoms with Crippen LogP contribution in [-0.2, 0) is 5.54 Å². The summed E-state index contributed by atoms with van der Waals surface area (Å²) in [6, 6.07) is 23.3. The second-order valence-electron chi connectivity index (χ2n) is 8.59. The van der Waals surface area contributed by atoms with Crippen molar-refractivity contribution in [2.75, 3.05) is 0 Å². The SMILES string of the molecule is NC1(c2ccc(-c3nc4cnc(-c5cn[nH]c5)cc4cc3-c3ccccc3)cc2)CCC1. The van der Waals surface area contributed by atoms with Gasteiger partial charge in [0, 0.05) is 33.8 Å². The molecule has 5 nitrogen and oxygen atoms in total. The molecule has 32 heavy (non-hydrogen) atoms. The summed E-state index contributed by atoms with van der Waals surface area (Å²) in [5.74, 6) is 0. The van der Waals surface area contributed by atoms with E-state index in [9.17, 15) is 0 Å². The second-order valence-corrected chi connectivity index (χ2v) is 8.59. The van der Waals surface area contributed by atoms with E-state index in [2.05, 4.69) is 75.8 Å². The Morgan fingerprint density at radius 2 is 1.66 bits per heavy atom. The topological polar surface area (TPSA) is 80.5 Å². The molecule has 0 radical (unpaired) electrons. The predicted octanol–water partition coefficient (Wildman–Crippen LogP) is 5.69. The number of nitrogens with two attached hydrogens (primary N) is 1. The highest BCUT2D eigenvalue weighted by molar-refractivity contribution is 5.92. The number of hydrogen-bond donors (Lipinski definition) is 2. The molecule has 0 bridgehead atoms. The average molecular weight is 418 g/mol. The van der Waals surface area contributed by atoms with Gasteiger partial charge in [-0.1, -0.05) is 54.6 Å². The van der Waals surface area contributed by atoms with Gasteiger partial charge in [0.05, 0.1) is 29.3 Å². The highest BCUT2D eigenvalue weighted by atomic mass is 15.1. The maximum atomic E-state index is 6.53. The fraction of sp³-hybridized carbons (Fsp3) is 0.148. The Bertz CT molecular complexity index is 1390. The van der Waals surface area contributed by atoms with Crippen molar-refractivity contribution in [2.45, 2.75) is 24.8 Å². The fourth-order valence-corrected chi connectivity index (χ4v) is 4.49. The summed E-state index contributed by atoms with van der Waals surface area (Å²) >= 11 is 0. The molecule has 5 aromatic rings. The monoisotopic (exact) mass is 417 g/mol. The van der Waals surface area contributed by atoms with Gasteiger partial charge in [-0.15, -0.1) is 0 Å². The van der Waals surface area contributed by atoms with Gasteiger partial charge in [0.1, 0.15) is 0 Å². The summed E-state index contributed by atoms with van der Waals surface area (Å²) in [5, 5.41) is 7.94. The van der Waals surface area contributed by atoms with Crippen LogP contribution in [-0.4, -0.2) is 20.2 Å². The van der Waals surface area contributed by atoms with Crippen LogP contribution in [0, 0.1) is 0 Å². The lowest BCUT2D eigenvalue weighted by atomic mass is 9.72. The highest BCUT2D eigenvalue weighted by Gasteiger charge is 2.34. The van der Waals surface area contributed by atoms with Crippen molar-refractivity contribution < 1.29 is 0 Å². The van der Waals surface area contributed by atoms with E-state index < -0.39 is 0 Å². The minimum atomic E-state index is -0.162. The van der Waals surface area contributed by atoms with Gasteiger partial charge in [0.25, 0.3) is 0 Å². The molecule has 6 rings (SSSR count). The van der Waals surface area contributed by atoms with E-state index in [1.54, 1.807) is 6.20 Å². The molecule has 0 amide bonds. The van der Waals surface area contributed by atoms with Gasteiger partial charge in [0.15, 0.2) is 0 Å². The molecule has 3 N–H and O–H groups in total. The molecule has 3 aromatic heterocycles. The van der Waals surface area contributed by atoms with Gasteiger partial charge in [-0.05, 0) is 42.5 Å². The Kier molecular flexibility index (Phi) is 4.37. The Balaban J connectivity index is 1.51. The summed E-state index contributed by atoms with van der Waals surface area (Å²) in [4.78, 5) is 9.67. The average Bonchev–Trinajstić information content (AvgIpc) is 3.37. The number of fused-ring (bicyclic) bond motifs is 1. The molecule has 5 heteroatoms. The van der Waals surface area contributed by atoms with E-state index in [1.807, 2.05) is 18.5 Å². The molecule has 0 aliphatic heterocycles. The highest BCUT2D eigenvalue weighted by Crippen LogP contribution is 2.40. The van der Waals surface area contributed by atoms with E-state index in [-0.39, 0.29) is 5.54 Å². The second kappa shape index (κ2) is 7.39. The minimum absolute atomic E-state index is 0.162. The first-order chi connectivity index (χ1) is 15.7. The smallest absolute Gasteiger partial charge is 0.0893 e. The van der Waals surface area contributed by atoms with Crippen molar-refractivity contribution in [3.63, 3.8) is 0 Å². The largest absolute Gasteiger partial charge is 0.321 e. The number of nitrogens with one attached hydrogen (secondary N) is 1. The lowest BCUT2D eigenvalue weighted by Crippen LogP contribution is -2.43. The third-order valence-electron chi connectivity index (χ3n) is 6.56. The molecule has 0 saturated heterocycles. The van der Waals surface area contributed by atoms with Crippen molar-refractivity contribution in [1.82, 2.24) is 20.2 Å². The first-order valence-corrected chi connectivity index (χ1v) is 10.9. The van der Waals surface area contributed by atoms with Crippen LogP contribution in [0.3, 0.4) is 0 Å². The van der Waals surface area contributed by atoms with Crippen LogP contribution in [0.1, 0.15) is 24.8 Å². The van der Waals surface area contributed by atoms with Crippen molar-refractivity contribution in [3.05, 3.63) is 90.9 Å². The number of nitrogens with zero attached hydrogens (tertiary/aromatic N) is 3. The van der Waals surface area contributed by atoms with Crippen molar-refractivity contribution in [1.29, 1.82) is 0 Å². The van der Waals surface area contributed by atoms with Gasteiger partial charge < -0.3 is 5.73 Å². The maximum Gasteiger partial charge on any atom is 0.0893 e. The zero-order valence-electron chi connectivity index (χ0n) is 17.6. The van der Waals surface area contributed by atoms with Gasteiger partial charge in [-0.2, -0.15) is 5.10 Å². The standard InChI is InChI=1S/C27H23N5/c28-27(11-4-12-27)22-9-7-19(8-10-22)26-23(18-5-2-1-3-6-18)13-20-14-24(21-15-30-31-16-21)29-17-25(20)32-26/h1-3,5-10,13-17H,4,11-12,28H2,(H,30,31). The normalized spacial score (nSPS) is 14.9. The first-order valence-electron chi connectivity index (χ1n) is 10.9. The van der Waals surface area contributed by atoms with Crippen LogP contribution in [0.15, 0.2) is 85.3 Å². The first kappa shape index (κ1) is 18.9. The number of benzene rings is 2. The molecule has 0 spiro atoms. The zero-order chi connectivity index (χ0) is 21.5. The van der Waals surface area contributed by atoms with Crippen LogP contribution in [0.4, 0.5) is 0 Å². The van der Waals surface area contributed by atoms with E-state index in [1.165, 1.54) is 12.0 Å². The third kappa shape index (κ3) is 3.18. The van der Waals surface area contributed by atoms with Gasteiger partial charge in [-0.3, -0.25) is 10.1 Å². The quantitative estimate of drug-likeness (QED) is 0.393. The predicted molar refractivity (Wildman–Crippen MR) is 128 cm³/mol. The molecule has 3 heterocycles. The van der Waals surface area contributed by atoms with Crippen molar-refractivity contribution >= 4 is 10.9 Å². The maximum absolute atomic E-state index is 6.53. The molecule has 2 aromatic carbocycles. The van der Waals surface area contributed by atoms with Gasteiger partial charge >= 0.3 is 0 Å². The lowest BCUT2D eigenvalue weighted by molar-refractivity contribution is 0.253. The Morgan fingerprint density at radius 3 is 2.34 bits per heavy atom. The van der Waals surface area contributed by atoms with E-state index >= 15 is 0 Å². The Hall–Kier alpha value is -3.83. The summed E-state index contributed by atoms with van der Waals surface area (Å²) < 4.78 is 0. The summed E-state index contributed by atoms with van der Waals surface area (Å²) in [5.41, 5.74) is 14.5. The van der Waals surface area contributed by atoms with E-state index in [0.29, 0.717) is 0 Å². The summed E-state index contributed by atoms with van der Waals surface area (Å²) in [6.45, 7) is 0. The van der Waals surface area contributed by atoms with Gasteiger partial charge in [-0.25, -0.2) is 4.98 Å². The Morgan fingerprint density at radius 1 is 0.844 bits per heavy atom. The molecule has 156 valence electrons. The zero-order valence-corrected chi connectivity index (χ0v) is 17.6. The summed E-state index contributed by atoms with van der Waals surface area (Å²) in [7, 11) is 0. The van der Waals surface area contributed by atoms with Crippen LogP contribution in [0.5, 0.6) is 0 Å². The fourth-order valence-electron chi connectivity index (χ4n) is 4.49. The molecular weight excluding hydrogens is 394 g/mol. The minimum Gasteiger partial charge on any atom is -0.321 e. The van der Waals surface area contributed by atoms with Crippen LogP contribution < -0.4 is 5.73 Å². The number of H-pyrrole nitrogens is 1. The molecule has 1 fully saturated rings. The molecule has 1 aliphatic rings. The molecular formula is C27H23N5. The number of aromatic nitrogens is 4. The third-order valence-corrected chi connectivity index (χ3v) is 6.56.